The summed E-state index contributed by atoms with van der Waals surface area (Å²) in [7, 11) is -3.46. The Balaban J connectivity index is 1.15. The van der Waals surface area contributed by atoms with Gasteiger partial charge in [0.1, 0.15) is 0 Å². The lowest BCUT2D eigenvalue weighted by Gasteiger charge is -2.34. The smallest absolute Gasteiger partial charge is 0.344 e. The van der Waals surface area contributed by atoms with Crippen LogP contribution in [-0.2, 0) is 21.4 Å². The van der Waals surface area contributed by atoms with Crippen LogP contribution in [0.4, 0.5) is 16.3 Å². The van der Waals surface area contributed by atoms with E-state index < -0.39 is 10.0 Å². The van der Waals surface area contributed by atoms with E-state index in [2.05, 4.69) is 31.8 Å². The first kappa shape index (κ1) is 25.8. The van der Waals surface area contributed by atoms with Crippen LogP contribution in [0.15, 0.2) is 30.5 Å². The number of hydrogen-bond donors (Lipinski definition) is 1. The maximum Gasteiger partial charge on any atom is 0.344 e. The highest BCUT2D eigenvalue weighted by Crippen LogP contribution is 2.37. The van der Waals surface area contributed by atoms with Gasteiger partial charge in [-0.25, -0.2) is 13.2 Å². The molecule has 0 radical (unpaired) electrons. The molecule has 11 nitrogen and oxygen atoms in total. The Kier molecular flexibility index (Phi) is 7.08. The van der Waals surface area contributed by atoms with E-state index in [1.165, 1.54) is 17.8 Å². The highest BCUT2D eigenvalue weighted by molar-refractivity contribution is 7.92. The molecule has 0 saturated carbocycles. The highest BCUT2D eigenvalue weighted by Gasteiger charge is 2.41. The van der Waals surface area contributed by atoms with Crippen molar-refractivity contribution >= 4 is 45.1 Å². The highest BCUT2D eigenvalue weighted by atomic mass is 35.5. The number of sulfonamides is 1. The number of carbonyl (C=O) groups excluding carboxylic acids is 2. The number of nitrogens with one attached hydrogen (secondary N) is 1. The molecule has 3 aliphatic heterocycles. The number of halogens is 1. The van der Waals surface area contributed by atoms with Crippen molar-refractivity contribution in [1.29, 1.82) is 0 Å². The van der Waals surface area contributed by atoms with E-state index >= 15 is 0 Å². The lowest BCUT2D eigenvalue weighted by molar-refractivity contribution is -0.128. The van der Waals surface area contributed by atoms with Crippen LogP contribution >= 0.6 is 11.6 Å². The molecule has 13 heteroatoms. The predicted octanol–water partition coefficient (Wildman–Crippen LogP) is 1.61. The number of rotatable bonds is 5. The molecule has 3 aliphatic rings. The van der Waals surface area contributed by atoms with Gasteiger partial charge in [0.2, 0.25) is 15.9 Å². The summed E-state index contributed by atoms with van der Waals surface area (Å²) in [5, 5.41) is 4.77. The van der Waals surface area contributed by atoms with Gasteiger partial charge in [0.25, 0.3) is 0 Å². The van der Waals surface area contributed by atoms with Crippen LogP contribution in [-0.4, -0.2) is 103 Å². The van der Waals surface area contributed by atoms with Gasteiger partial charge in [-0.2, -0.15) is 4.68 Å². The van der Waals surface area contributed by atoms with Crippen molar-refractivity contribution < 1.29 is 18.0 Å². The number of aromatic nitrogens is 2. The second kappa shape index (κ2) is 10.1. The van der Waals surface area contributed by atoms with Gasteiger partial charge in [-0.05, 0) is 17.7 Å². The molecular weight excluding hydrogens is 518 g/mol. The SMILES string of the molecule is CC(=O)N1CC2CN(c3cc(CN4CCN(C(=O)n5ccc(NS(C)(=O)=O)n5)CC4)ccc3Cl)CC2C1. The third-order valence-corrected chi connectivity index (χ3v) is 8.31. The average Bonchev–Trinajstić information content (AvgIpc) is 3.54. The van der Waals surface area contributed by atoms with Crippen molar-refractivity contribution in [1.82, 2.24) is 24.5 Å². The first-order chi connectivity index (χ1) is 17.6. The zero-order valence-corrected chi connectivity index (χ0v) is 22.6. The summed E-state index contributed by atoms with van der Waals surface area (Å²) < 4.78 is 26.2. The largest absolute Gasteiger partial charge is 0.370 e. The molecule has 0 aliphatic carbocycles. The van der Waals surface area contributed by atoms with Gasteiger partial charge in [0.05, 0.1) is 17.0 Å². The minimum absolute atomic E-state index is 0.117. The van der Waals surface area contributed by atoms with Gasteiger partial charge in [0.15, 0.2) is 5.82 Å². The number of piperazine rings is 1. The molecule has 0 spiro atoms. The Morgan fingerprint density at radius 1 is 1.03 bits per heavy atom. The number of hydrogen-bond acceptors (Lipinski definition) is 7. The molecule has 200 valence electrons. The van der Waals surface area contributed by atoms with E-state index in [4.69, 9.17) is 11.6 Å². The fourth-order valence-electron chi connectivity index (χ4n) is 5.52. The Bertz CT molecular complexity index is 1280. The van der Waals surface area contributed by atoms with Gasteiger partial charge in [-0.15, -0.1) is 5.10 Å². The number of carbonyl (C=O) groups is 2. The first-order valence-corrected chi connectivity index (χ1v) is 14.7. The maximum absolute atomic E-state index is 12.8. The minimum atomic E-state index is -3.46. The van der Waals surface area contributed by atoms with Crippen LogP contribution < -0.4 is 9.62 Å². The second-order valence-electron chi connectivity index (χ2n) is 10.2. The summed E-state index contributed by atoms with van der Waals surface area (Å²) in [5.74, 6) is 1.25. The van der Waals surface area contributed by atoms with Crippen LogP contribution in [0, 0.1) is 11.8 Å². The molecule has 3 fully saturated rings. The quantitative estimate of drug-likeness (QED) is 0.603. The molecule has 2 atom stereocenters. The van der Waals surface area contributed by atoms with Crippen LogP contribution in [0.2, 0.25) is 5.02 Å². The molecule has 2 amide bonds. The van der Waals surface area contributed by atoms with Crippen molar-refractivity contribution in [2.24, 2.45) is 11.8 Å². The normalized spacial score (nSPS) is 22.4. The van der Waals surface area contributed by atoms with Crippen molar-refractivity contribution in [3.8, 4) is 0 Å². The third-order valence-electron chi connectivity index (χ3n) is 7.41. The zero-order valence-electron chi connectivity index (χ0n) is 21.0. The molecular formula is C24H32ClN7O4S. The van der Waals surface area contributed by atoms with Crippen LogP contribution in [0.5, 0.6) is 0 Å². The summed E-state index contributed by atoms with van der Waals surface area (Å²) in [6.07, 6.45) is 2.50. The summed E-state index contributed by atoms with van der Waals surface area (Å²) in [6.45, 7) is 8.40. The van der Waals surface area contributed by atoms with Crippen LogP contribution in [0.25, 0.3) is 0 Å². The molecule has 3 saturated heterocycles. The van der Waals surface area contributed by atoms with Gasteiger partial charge >= 0.3 is 6.03 Å². The minimum Gasteiger partial charge on any atom is -0.370 e. The predicted molar refractivity (Wildman–Crippen MR) is 141 cm³/mol. The molecule has 37 heavy (non-hydrogen) atoms. The Labute approximate surface area is 222 Å². The van der Waals surface area contributed by atoms with Crippen LogP contribution in [0.3, 0.4) is 0 Å². The van der Waals surface area contributed by atoms with Gasteiger partial charge in [0, 0.05) is 89.9 Å². The van der Waals surface area contributed by atoms with Gasteiger partial charge in [-0.3, -0.25) is 14.4 Å². The van der Waals surface area contributed by atoms with E-state index in [0.717, 1.165) is 54.4 Å². The second-order valence-corrected chi connectivity index (χ2v) is 12.4. The molecule has 1 aromatic carbocycles. The average molecular weight is 550 g/mol. The van der Waals surface area contributed by atoms with E-state index in [-0.39, 0.29) is 17.8 Å². The molecule has 2 unspecified atom stereocenters. The first-order valence-electron chi connectivity index (χ1n) is 12.4. The number of fused-ring (bicyclic) bond motifs is 1. The molecule has 2 aromatic rings. The Morgan fingerprint density at radius 3 is 2.32 bits per heavy atom. The van der Waals surface area contributed by atoms with Gasteiger partial charge in [-0.1, -0.05) is 17.7 Å². The summed E-state index contributed by atoms with van der Waals surface area (Å²) in [4.78, 5) is 32.9. The molecule has 1 aromatic heterocycles. The third kappa shape index (κ3) is 5.86. The summed E-state index contributed by atoms with van der Waals surface area (Å²) in [5.41, 5.74) is 2.22. The van der Waals surface area contributed by atoms with Crippen molar-refractivity contribution in [3.63, 3.8) is 0 Å². The Morgan fingerprint density at radius 2 is 1.70 bits per heavy atom. The summed E-state index contributed by atoms with van der Waals surface area (Å²) >= 11 is 6.59. The number of nitrogens with zero attached hydrogens (tertiary/aromatic N) is 6. The van der Waals surface area contributed by atoms with Crippen molar-refractivity contribution in [2.75, 3.05) is 68.2 Å². The molecule has 0 bridgehead atoms. The van der Waals surface area contributed by atoms with E-state index in [9.17, 15) is 18.0 Å². The fraction of sp³-hybridized carbons (Fsp3) is 0.542. The van der Waals surface area contributed by atoms with E-state index in [1.54, 1.807) is 11.8 Å². The number of benzene rings is 1. The van der Waals surface area contributed by atoms with Crippen molar-refractivity contribution in [2.45, 2.75) is 13.5 Å². The fourth-order valence-corrected chi connectivity index (χ4v) is 6.25. The number of likely N-dealkylation sites (tertiary alicyclic amines) is 1. The lowest BCUT2D eigenvalue weighted by Crippen LogP contribution is -2.49. The summed E-state index contributed by atoms with van der Waals surface area (Å²) in [6, 6.07) is 7.36. The monoisotopic (exact) mass is 549 g/mol. The van der Waals surface area contributed by atoms with Gasteiger partial charge < -0.3 is 14.7 Å². The number of amides is 2. The molecule has 5 rings (SSSR count). The zero-order chi connectivity index (χ0) is 26.3. The van der Waals surface area contributed by atoms with E-state index in [1.807, 2.05) is 11.0 Å². The topological polar surface area (TPSA) is 111 Å². The standard InChI is InChI=1S/C24H32ClN7O4S/c1-17(33)30-13-19-15-31(16-20(19)14-30)22-11-18(3-4-21(22)25)12-28-7-9-29(10-8-28)24(34)32-6-5-23(26-32)27-37(2,35)36/h3-6,11,19-20H,7-10,12-16H2,1-2H3,(H,26,27). The molecule has 4 heterocycles. The number of anilines is 2. The van der Waals surface area contributed by atoms with Crippen LogP contribution in [0.1, 0.15) is 12.5 Å². The Hall–Kier alpha value is -2.83. The molecule has 1 N–H and O–H groups in total. The maximum atomic E-state index is 12.8. The van der Waals surface area contributed by atoms with E-state index in [0.29, 0.717) is 38.0 Å². The lowest BCUT2D eigenvalue weighted by atomic mass is 10.0. The van der Waals surface area contributed by atoms with Crippen molar-refractivity contribution in [3.05, 3.63) is 41.0 Å².